The summed E-state index contributed by atoms with van der Waals surface area (Å²) >= 11 is 0. The first kappa shape index (κ1) is 17.3. The molecule has 0 radical (unpaired) electrons. The van der Waals surface area contributed by atoms with Gasteiger partial charge < -0.3 is 10.2 Å². The van der Waals surface area contributed by atoms with E-state index in [1.165, 1.54) is 0 Å². The minimum absolute atomic E-state index is 0.0510. The summed E-state index contributed by atoms with van der Waals surface area (Å²) in [7, 11) is 0. The topological polar surface area (TPSA) is 78.1 Å². The van der Waals surface area contributed by atoms with Crippen LogP contribution in [0, 0.1) is 6.92 Å². The van der Waals surface area contributed by atoms with Gasteiger partial charge in [-0.3, -0.25) is 14.7 Å². The molecule has 6 heteroatoms. The maximum Gasteiger partial charge on any atom is 0.272 e. The lowest BCUT2D eigenvalue weighted by atomic mass is 10.0. The Labute approximate surface area is 157 Å². The lowest BCUT2D eigenvalue weighted by molar-refractivity contribution is 0.0698. The van der Waals surface area contributed by atoms with Crippen LogP contribution < -0.4 is 5.32 Å². The number of fused-ring (bicyclic) bond motifs is 1. The third-order valence-electron chi connectivity index (χ3n) is 5.10. The lowest BCUT2D eigenvalue weighted by Gasteiger charge is -2.32. The van der Waals surface area contributed by atoms with Crippen molar-refractivity contribution in [2.45, 2.75) is 25.8 Å². The van der Waals surface area contributed by atoms with Crippen molar-refractivity contribution in [2.75, 3.05) is 13.1 Å². The van der Waals surface area contributed by atoms with Crippen molar-refractivity contribution in [1.82, 2.24) is 20.4 Å². The van der Waals surface area contributed by atoms with E-state index in [1.807, 2.05) is 60.4 Å². The summed E-state index contributed by atoms with van der Waals surface area (Å²) in [4.78, 5) is 27.0. The van der Waals surface area contributed by atoms with Gasteiger partial charge in [-0.05, 0) is 38.0 Å². The molecule has 2 heterocycles. The highest BCUT2D eigenvalue weighted by molar-refractivity contribution is 6.04. The van der Waals surface area contributed by atoms with Crippen molar-refractivity contribution in [1.29, 1.82) is 0 Å². The molecule has 4 rings (SSSR count). The average molecular weight is 362 g/mol. The fourth-order valence-electron chi connectivity index (χ4n) is 3.50. The number of carbonyl (C=O) groups is 2. The van der Waals surface area contributed by atoms with Crippen LogP contribution in [0.2, 0.25) is 0 Å². The second-order valence-electron chi connectivity index (χ2n) is 7.02. The Morgan fingerprint density at radius 3 is 2.52 bits per heavy atom. The van der Waals surface area contributed by atoms with Gasteiger partial charge in [0.2, 0.25) is 0 Å². The standard InChI is InChI=1S/C21H22N4O2/c1-14-6-8-15(9-7-14)21(27)25-12-10-16(11-13-25)22-20(26)19-17-4-2-3-5-18(17)23-24-19/h2-9,16H,10-13H2,1H3,(H,22,26)(H,23,24). The fraction of sp³-hybridized carbons (Fsp3) is 0.286. The number of aryl methyl sites for hydroxylation is 1. The number of carbonyl (C=O) groups excluding carboxylic acids is 2. The number of benzene rings is 2. The average Bonchev–Trinajstić information content (AvgIpc) is 3.13. The molecule has 2 N–H and O–H groups in total. The molecule has 1 fully saturated rings. The van der Waals surface area contributed by atoms with E-state index < -0.39 is 0 Å². The van der Waals surface area contributed by atoms with Gasteiger partial charge in [0.1, 0.15) is 0 Å². The van der Waals surface area contributed by atoms with Crippen molar-refractivity contribution in [2.24, 2.45) is 0 Å². The van der Waals surface area contributed by atoms with E-state index in [-0.39, 0.29) is 17.9 Å². The maximum atomic E-state index is 12.6. The summed E-state index contributed by atoms with van der Waals surface area (Å²) in [6.07, 6.45) is 1.48. The summed E-state index contributed by atoms with van der Waals surface area (Å²) in [5, 5.41) is 10.9. The van der Waals surface area contributed by atoms with Gasteiger partial charge in [-0.2, -0.15) is 5.10 Å². The number of nitrogens with zero attached hydrogens (tertiary/aromatic N) is 2. The molecular formula is C21H22N4O2. The van der Waals surface area contributed by atoms with Gasteiger partial charge >= 0.3 is 0 Å². The predicted molar refractivity (Wildman–Crippen MR) is 104 cm³/mol. The van der Waals surface area contributed by atoms with Crippen molar-refractivity contribution < 1.29 is 9.59 Å². The normalized spacial score (nSPS) is 15.1. The van der Waals surface area contributed by atoms with Crippen LogP contribution in [0.4, 0.5) is 0 Å². The quantitative estimate of drug-likeness (QED) is 0.752. The molecule has 27 heavy (non-hydrogen) atoms. The SMILES string of the molecule is Cc1ccc(C(=O)N2CCC(NC(=O)c3n[nH]c4ccccc34)CC2)cc1. The van der Waals surface area contributed by atoms with E-state index in [4.69, 9.17) is 0 Å². The molecule has 1 saturated heterocycles. The van der Waals surface area contributed by atoms with Crippen LogP contribution in [0.3, 0.4) is 0 Å². The molecule has 0 bridgehead atoms. The van der Waals surface area contributed by atoms with E-state index in [0.717, 1.165) is 29.3 Å². The number of likely N-dealkylation sites (tertiary alicyclic amines) is 1. The number of hydrogen-bond donors (Lipinski definition) is 2. The number of amides is 2. The molecule has 1 aliphatic heterocycles. The summed E-state index contributed by atoms with van der Waals surface area (Å²) in [5.74, 6) is -0.117. The molecule has 0 saturated carbocycles. The third-order valence-corrected chi connectivity index (χ3v) is 5.10. The Hall–Kier alpha value is -3.15. The number of hydrogen-bond acceptors (Lipinski definition) is 3. The highest BCUT2D eigenvalue weighted by atomic mass is 16.2. The van der Waals surface area contributed by atoms with Gasteiger partial charge in [-0.1, -0.05) is 35.9 Å². The Morgan fingerprint density at radius 1 is 1.07 bits per heavy atom. The first-order valence-corrected chi connectivity index (χ1v) is 9.22. The smallest absolute Gasteiger partial charge is 0.272 e. The van der Waals surface area contributed by atoms with Crippen LogP contribution in [0.15, 0.2) is 48.5 Å². The van der Waals surface area contributed by atoms with E-state index in [1.54, 1.807) is 0 Å². The van der Waals surface area contributed by atoms with Crippen molar-refractivity contribution in [3.63, 3.8) is 0 Å². The number of nitrogens with one attached hydrogen (secondary N) is 2. The molecule has 138 valence electrons. The van der Waals surface area contributed by atoms with Gasteiger partial charge in [0.15, 0.2) is 5.69 Å². The molecule has 0 aliphatic carbocycles. The number of para-hydroxylation sites is 1. The number of piperidine rings is 1. The summed E-state index contributed by atoms with van der Waals surface area (Å²) < 4.78 is 0. The van der Waals surface area contributed by atoms with Crippen molar-refractivity contribution >= 4 is 22.7 Å². The van der Waals surface area contributed by atoms with Crippen molar-refractivity contribution in [3.8, 4) is 0 Å². The fourth-order valence-corrected chi connectivity index (χ4v) is 3.50. The van der Waals surface area contributed by atoms with Crippen LogP contribution in [-0.4, -0.2) is 46.0 Å². The predicted octanol–water partition coefficient (Wildman–Crippen LogP) is 2.91. The molecule has 1 aromatic heterocycles. The molecule has 0 atom stereocenters. The molecular weight excluding hydrogens is 340 g/mol. The maximum absolute atomic E-state index is 12.6. The molecule has 2 amide bonds. The van der Waals surface area contributed by atoms with E-state index >= 15 is 0 Å². The molecule has 0 spiro atoms. The Morgan fingerprint density at radius 2 is 1.78 bits per heavy atom. The highest BCUT2D eigenvalue weighted by Crippen LogP contribution is 2.18. The number of aromatic amines is 1. The van der Waals surface area contributed by atoms with Gasteiger partial charge in [0, 0.05) is 30.1 Å². The minimum atomic E-state index is -0.171. The van der Waals surface area contributed by atoms with Gasteiger partial charge in [-0.25, -0.2) is 0 Å². The van der Waals surface area contributed by atoms with E-state index in [9.17, 15) is 9.59 Å². The number of aromatic nitrogens is 2. The zero-order chi connectivity index (χ0) is 18.8. The number of rotatable bonds is 3. The zero-order valence-corrected chi connectivity index (χ0v) is 15.2. The molecule has 2 aromatic carbocycles. The third kappa shape index (κ3) is 3.56. The summed E-state index contributed by atoms with van der Waals surface area (Å²) in [5.41, 5.74) is 3.12. The highest BCUT2D eigenvalue weighted by Gasteiger charge is 2.25. The van der Waals surface area contributed by atoms with Crippen LogP contribution in [0.25, 0.3) is 10.9 Å². The first-order chi connectivity index (χ1) is 13.1. The summed E-state index contributed by atoms with van der Waals surface area (Å²) in [6, 6.07) is 15.3. The second kappa shape index (κ2) is 7.23. The van der Waals surface area contributed by atoms with Crippen LogP contribution in [-0.2, 0) is 0 Å². The van der Waals surface area contributed by atoms with Gasteiger partial charge in [0.05, 0.1) is 5.52 Å². The zero-order valence-electron chi connectivity index (χ0n) is 15.2. The van der Waals surface area contributed by atoms with Gasteiger partial charge in [-0.15, -0.1) is 0 Å². The van der Waals surface area contributed by atoms with Gasteiger partial charge in [0.25, 0.3) is 11.8 Å². The molecule has 1 aliphatic rings. The number of H-pyrrole nitrogens is 1. The molecule has 0 unspecified atom stereocenters. The molecule has 6 nitrogen and oxygen atoms in total. The van der Waals surface area contributed by atoms with E-state index in [0.29, 0.717) is 24.3 Å². The minimum Gasteiger partial charge on any atom is -0.348 e. The first-order valence-electron chi connectivity index (χ1n) is 9.22. The van der Waals surface area contributed by atoms with Crippen LogP contribution in [0.1, 0.15) is 39.3 Å². The Bertz CT molecular complexity index is 969. The Balaban J connectivity index is 1.36. The lowest BCUT2D eigenvalue weighted by Crippen LogP contribution is -2.46. The van der Waals surface area contributed by atoms with Crippen LogP contribution in [0.5, 0.6) is 0 Å². The van der Waals surface area contributed by atoms with E-state index in [2.05, 4.69) is 15.5 Å². The monoisotopic (exact) mass is 362 g/mol. The van der Waals surface area contributed by atoms with Crippen molar-refractivity contribution in [3.05, 3.63) is 65.4 Å². The molecule has 3 aromatic rings. The largest absolute Gasteiger partial charge is 0.348 e. The van der Waals surface area contributed by atoms with Crippen LogP contribution >= 0.6 is 0 Å². The summed E-state index contributed by atoms with van der Waals surface area (Å²) in [6.45, 7) is 3.28. The Kier molecular flexibility index (Phi) is 4.62. The second-order valence-corrected chi connectivity index (χ2v) is 7.02.